The van der Waals surface area contributed by atoms with Gasteiger partial charge in [0.1, 0.15) is 6.61 Å². The van der Waals surface area contributed by atoms with Crippen molar-refractivity contribution in [2.45, 2.75) is 51.1 Å². The van der Waals surface area contributed by atoms with Crippen LogP contribution in [0.4, 0.5) is 0 Å². The first-order chi connectivity index (χ1) is 6.27. The molecule has 1 aliphatic carbocycles. The summed E-state index contributed by atoms with van der Waals surface area (Å²) in [6.07, 6.45) is 5.66. The molecule has 1 saturated carbocycles. The molecule has 1 fully saturated rings. The Labute approximate surface area is 79.5 Å². The van der Waals surface area contributed by atoms with E-state index >= 15 is 0 Å². The van der Waals surface area contributed by atoms with E-state index in [4.69, 9.17) is 5.11 Å². The van der Waals surface area contributed by atoms with Gasteiger partial charge in [0.15, 0.2) is 5.78 Å². The molecule has 0 aromatic carbocycles. The molecular formula is C10H19NO2. The van der Waals surface area contributed by atoms with Crippen molar-refractivity contribution in [3.05, 3.63) is 0 Å². The maximum atomic E-state index is 11.2. The average Bonchev–Trinajstić information content (AvgIpc) is 2.65. The van der Waals surface area contributed by atoms with E-state index in [2.05, 4.69) is 5.32 Å². The molecular weight excluding hydrogens is 166 g/mol. The lowest BCUT2D eigenvalue weighted by molar-refractivity contribution is -0.124. The van der Waals surface area contributed by atoms with E-state index in [0.717, 1.165) is 6.42 Å². The summed E-state index contributed by atoms with van der Waals surface area (Å²) in [5, 5.41) is 12.0. The van der Waals surface area contributed by atoms with Crippen LogP contribution in [0.1, 0.15) is 39.0 Å². The van der Waals surface area contributed by atoms with Gasteiger partial charge in [-0.1, -0.05) is 19.8 Å². The van der Waals surface area contributed by atoms with Gasteiger partial charge in [0, 0.05) is 6.04 Å². The summed E-state index contributed by atoms with van der Waals surface area (Å²) >= 11 is 0. The van der Waals surface area contributed by atoms with Gasteiger partial charge in [-0.15, -0.1) is 0 Å². The zero-order chi connectivity index (χ0) is 9.68. The van der Waals surface area contributed by atoms with Gasteiger partial charge in [0.2, 0.25) is 0 Å². The second-order valence-electron chi connectivity index (χ2n) is 3.73. The Bertz CT molecular complexity index is 164. The lowest BCUT2D eigenvalue weighted by Crippen LogP contribution is -2.42. The van der Waals surface area contributed by atoms with Crippen molar-refractivity contribution < 1.29 is 9.90 Å². The van der Waals surface area contributed by atoms with Gasteiger partial charge >= 0.3 is 0 Å². The Morgan fingerprint density at radius 3 is 2.62 bits per heavy atom. The summed E-state index contributed by atoms with van der Waals surface area (Å²) in [7, 11) is 0. The molecule has 0 heterocycles. The van der Waals surface area contributed by atoms with Crippen molar-refractivity contribution in [1.82, 2.24) is 5.32 Å². The number of hydrogen-bond acceptors (Lipinski definition) is 3. The van der Waals surface area contributed by atoms with E-state index in [1.165, 1.54) is 25.7 Å². The minimum absolute atomic E-state index is 0.0746. The topological polar surface area (TPSA) is 49.3 Å². The van der Waals surface area contributed by atoms with Crippen LogP contribution in [0.2, 0.25) is 0 Å². The number of aliphatic hydroxyl groups excluding tert-OH is 1. The lowest BCUT2D eigenvalue weighted by atomic mass is 10.1. The standard InChI is InChI=1S/C10H19NO2/c1-2-9(10(13)7-12)11-8-5-3-4-6-8/h8-9,11-12H,2-7H2,1H3/t9-/m1/s1. The minimum atomic E-state index is -0.335. The molecule has 0 bridgehead atoms. The van der Waals surface area contributed by atoms with Gasteiger partial charge < -0.3 is 10.4 Å². The highest BCUT2D eigenvalue weighted by atomic mass is 16.3. The molecule has 3 heteroatoms. The third kappa shape index (κ3) is 3.08. The quantitative estimate of drug-likeness (QED) is 0.668. The zero-order valence-corrected chi connectivity index (χ0v) is 8.25. The number of ketones is 1. The van der Waals surface area contributed by atoms with Gasteiger partial charge in [0.05, 0.1) is 6.04 Å². The summed E-state index contributed by atoms with van der Waals surface area (Å²) in [6, 6.07) is 0.369. The van der Waals surface area contributed by atoms with Gasteiger partial charge in [-0.2, -0.15) is 0 Å². The molecule has 2 N–H and O–H groups in total. The summed E-state index contributed by atoms with van der Waals surface area (Å²) < 4.78 is 0. The Morgan fingerprint density at radius 1 is 1.54 bits per heavy atom. The Kier molecular flexibility index (Phi) is 4.39. The van der Waals surface area contributed by atoms with Gasteiger partial charge in [-0.3, -0.25) is 4.79 Å². The molecule has 0 saturated heterocycles. The fraction of sp³-hybridized carbons (Fsp3) is 0.900. The lowest BCUT2D eigenvalue weighted by Gasteiger charge is -2.19. The van der Waals surface area contributed by atoms with Crippen molar-refractivity contribution in [2.24, 2.45) is 0 Å². The summed E-state index contributed by atoms with van der Waals surface area (Å²) in [6.45, 7) is 1.64. The van der Waals surface area contributed by atoms with Gasteiger partial charge in [0.25, 0.3) is 0 Å². The first-order valence-electron chi connectivity index (χ1n) is 5.17. The Morgan fingerprint density at radius 2 is 2.15 bits per heavy atom. The highest BCUT2D eigenvalue weighted by Gasteiger charge is 2.21. The average molecular weight is 185 g/mol. The van der Waals surface area contributed by atoms with E-state index in [1.54, 1.807) is 0 Å². The van der Waals surface area contributed by atoms with Crippen LogP contribution in [-0.2, 0) is 4.79 Å². The second-order valence-corrected chi connectivity index (χ2v) is 3.73. The van der Waals surface area contributed by atoms with E-state index in [1.807, 2.05) is 6.92 Å². The highest BCUT2D eigenvalue weighted by molar-refractivity contribution is 5.84. The second kappa shape index (κ2) is 5.35. The molecule has 1 rings (SSSR count). The zero-order valence-electron chi connectivity index (χ0n) is 8.25. The first kappa shape index (κ1) is 10.7. The normalized spacial score (nSPS) is 20.5. The van der Waals surface area contributed by atoms with Gasteiger partial charge in [-0.05, 0) is 19.3 Å². The highest BCUT2D eigenvalue weighted by Crippen LogP contribution is 2.18. The van der Waals surface area contributed by atoms with E-state index in [0.29, 0.717) is 6.04 Å². The largest absolute Gasteiger partial charge is 0.389 e. The van der Waals surface area contributed by atoms with Gasteiger partial charge in [-0.25, -0.2) is 0 Å². The summed E-state index contributed by atoms with van der Waals surface area (Å²) in [5.41, 5.74) is 0. The predicted molar refractivity (Wildman–Crippen MR) is 51.6 cm³/mol. The summed E-state index contributed by atoms with van der Waals surface area (Å²) in [4.78, 5) is 11.2. The molecule has 0 spiro atoms. The van der Waals surface area contributed by atoms with Crippen LogP contribution in [0.25, 0.3) is 0 Å². The van der Waals surface area contributed by atoms with Crippen LogP contribution in [0.3, 0.4) is 0 Å². The number of carbonyl (C=O) groups is 1. The monoisotopic (exact) mass is 185 g/mol. The van der Waals surface area contributed by atoms with Crippen LogP contribution in [0, 0.1) is 0 Å². The fourth-order valence-electron chi connectivity index (χ4n) is 1.93. The van der Waals surface area contributed by atoms with Crippen LogP contribution in [-0.4, -0.2) is 29.6 Å². The maximum Gasteiger partial charge on any atom is 0.174 e. The predicted octanol–water partition coefficient (Wildman–Crippen LogP) is 0.859. The number of hydrogen-bond donors (Lipinski definition) is 2. The summed E-state index contributed by atoms with van der Waals surface area (Å²) in [5.74, 6) is -0.0746. The van der Waals surface area contributed by atoms with E-state index in [-0.39, 0.29) is 18.4 Å². The SMILES string of the molecule is CC[C@@H](NC1CCCC1)C(=O)CO. The van der Waals surface area contributed by atoms with Crippen LogP contribution >= 0.6 is 0 Å². The molecule has 0 amide bonds. The molecule has 0 radical (unpaired) electrons. The van der Waals surface area contributed by atoms with Crippen molar-refractivity contribution in [3.8, 4) is 0 Å². The first-order valence-corrected chi connectivity index (χ1v) is 5.17. The number of nitrogens with one attached hydrogen (secondary N) is 1. The van der Waals surface area contributed by atoms with E-state index < -0.39 is 0 Å². The molecule has 0 aromatic rings. The molecule has 13 heavy (non-hydrogen) atoms. The Balaban J connectivity index is 2.33. The van der Waals surface area contributed by atoms with Crippen molar-refractivity contribution in [2.75, 3.05) is 6.61 Å². The molecule has 0 unspecified atom stereocenters. The van der Waals surface area contributed by atoms with Crippen molar-refractivity contribution >= 4 is 5.78 Å². The number of rotatable bonds is 5. The number of Topliss-reactive ketones (excluding diaryl/α,β-unsaturated/α-hetero) is 1. The van der Waals surface area contributed by atoms with Crippen LogP contribution in [0.15, 0.2) is 0 Å². The molecule has 0 aliphatic heterocycles. The third-order valence-corrected chi connectivity index (χ3v) is 2.74. The third-order valence-electron chi connectivity index (χ3n) is 2.74. The molecule has 1 atom stereocenters. The van der Waals surface area contributed by atoms with Crippen LogP contribution in [0.5, 0.6) is 0 Å². The smallest absolute Gasteiger partial charge is 0.174 e. The number of carbonyl (C=O) groups excluding carboxylic acids is 1. The van der Waals surface area contributed by atoms with Crippen molar-refractivity contribution in [3.63, 3.8) is 0 Å². The van der Waals surface area contributed by atoms with Crippen molar-refractivity contribution in [1.29, 1.82) is 0 Å². The number of aliphatic hydroxyl groups is 1. The molecule has 0 aromatic heterocycles. The van der Waals surface area contributed by atoms with Crippen LogP contribution < -0.4 is 5.32 Å². The Hall–Kier alpha value is -0.410. The fourth-order valence-corrected chi connectivity index (χ4v) is 1.93. The molecule has 1 aliphatic rings. The molecule has 76 valence electrons. The van der Waals surface area contributed by atoms with E-state index in [9.17, 15) is 4.79 Å². The maximum absolute atomic E-state index is 11.2. The molecule has 3 nitrogen and oxygen atoms in total. The minimum Gasteiger partial charge on any atom is -0.389 e.